The molecule has 0 heterocycles. The molecule has 0 amide bonds. The van der Waals surface area contributed by atoms with E-state index in [2.05, 4.69) is 24.3 Å². The number of halogens is 10. The van der Waals surface area contributed by atoms with E-state index in [1.807, 2.05) is 0 Å². The van der Waals surface area contributed by atoms with Crippen LogP contribution in [0, 0.1) is 70.3 Å². The average molecular weight is 549 g/mol. The first-order chi connectivity index (χ1) is 14.1. The predicted molar refractivity (Wildman–Crippen MR) is 86.9 cm³/mol. The second-order valence-electron chi connectivity index (χ2n) is 5.49. The van der Waals surface area contributed by atoms with Gasteiger partial charge in [0.2, 0.25) is 0 Å². The number of hydrogen-bond acceptors (Lipinski definition) is 0. The Hall–Kier alpha value is -2.12. The molecular formula is C20H12F10Pd. The molecule has 0 bridgehead atoms. The van der Waals surface area contributed by atoms with Gasteiger partial charge in [0, 0.05) is 0 Å². The van der Waals surface area contributed by atoms with Crippen LogP contribution in [0.1, 0.15) is 25.7 Å². The van der Waals surface area contributed by atoms with Crippen molar-refractivity contribution in [3.8, 4) is 0 Å². The quantitative estimate of drug-likeness (QED) is 0.0828. The van der Waals surface area contributed by atoms with Crippen LogP contribution in [0.25, 0.3) is 0 Å². The number of hydrogen-bond donors (Lipinski definition) is 0. The Morgan fingerprint density at radius 2 is 0.581 bits per heavy atom. The fraction of sp³-hybridized carbons (Fsp3) is 0.200. The molecule has 0 radical (unpaired) electrons. The van der Waals surface area contributed by atoms with Crippen molar-refractivity contribution in [2.45, 2.75) is 25.7 Å². The molecule has 0 saturated carbocycles. The molecule has 0 N–H and O–H groups in total. The summed E-state index contributed by atoms with van der Waals surface area (Å²) in [5.74, 6) is -20.1. The summed E-state index contributed by atoms with van der Waals surface area (Å²) in [7, 11) is 0. The van der Waals surface area contributed by atoms with Gasteiger partial charge in [0.05, 0.1) is 58.2 Å². The summed E-state index contributed by atoms with van der Waals surface area (Å²) in [6.07, 6.45) is 14.0. The van der Waals surface area contributed by atoms with Crippen LogP contribution >= 0.6 is 0 Å². The molecule has 31 heavy (non-hydrogen) atoms. The van der Waals surface area contributed by atoms with Gasteiger partial charge in [0.25, 0.3) is 0 Å². The van der Waals surface area contributed by atoms with E-state index in [1.165, 1.54) is 25.7 Å². The Kier molecular flexibility index (Phi) is 13.1. The van der Waals surface area contributed by atoms with Crippen molar-refractivity contribution in [1.82, 2.24) is 0 Å². The maximum absolute atomic E-state index is 12.0. The molecule has 0 saturated heterocycles. The molecule has 0 spiro atoms. The minimum Gasteiger partial charge on any atom is -0.278 e. The minimum atomic E-state index is -2.17. The van der Waals surface area contributed by atoms with Crippen LogP contribution in [-0.4, -0.2) is 0 Å². The van der Waals surface area contributed by atoms with Crippen molar-refractivity contribution in [3.63, 3.8) is 0 Å². The van der Waals surface area contributed by atoms with Gasteiger partial charge in [-0.1, -0.05) is 24.3 Å². The van der Waals surface area contributed by atoms with Crippen molar-refractivity contribution in [3.05, 3.63) is 94.6 Å². The van der Waals surface area contributed by atoms with E-state index in [9.17, 15) is 43.9 Å². The van der Waals surface area contributed by atoms with E-state index in [1.54, 1.807) is 0 Å². The van der Waals surface area contributed by atoms with Crippen LogP contribution in [0.15, 0.2) is 24.3 Å². The van der Waals surface area contributed by atoms with Gasteiger partial charge in [-0.15, -0.1) is 12.1 Å². The molecule has 172 valence electrons. The normalized spacial score (nSPS) is 14.5. The zero-order valence-electron chi connectivity index (χ0n) is 15.2. The maximum Gasteiger partial charge on any atom is 2.00 e. The van der Waals surface area contributed by atoms with E-state index >= 15 is 0 Å². The summed E-state index contributed by atoms with van der Waals surface area (Å²) >= 11 is 0. The topological polar surface area (TPSA) is 0 Å². The number of rotatable bonds is 0. The monoisotopic (exact) mass is 548 g/mol. The Labute approximate surface area is 184 Å². The second kappa shape index (κ2) is 14.0. The molecule has 0 fully saturated rings. The molecule has 11 heteroatoms. The Bertz CT molecular complexity index is 785. The third-order valence-electron chi connectivity index (χ3n) is 3.31. The molecule has 2 aromatic carbocycles. The van der Waals surface area contributed by atoms with Gasteiger partial charge in [-0.3, -0.25) is 17.6 Å². The third-order valence-corrected chi connectivity index (χ3v) is 3.31. The summed E-state index contributed by atoms with van der Waals surface area (Å²) in [6.45, 7) is 0. The molecule has 0 aromatic heterocycles. The van der Waals surface area contributed by atoms with Crippen LogP contribution in [0.5, 0.6) is 0 Å². The first kappa shape index (κ1) is 28.9. The van der Waals surface area contributed by atoms with Crippen LogP contribution in [0.2, 0.25) is 0 Å². The van der Waals surface area contributed by atoms with Gasteiger partial charge in [-0.25, -0.2) is 26.3 Å². The Balaban J connectivity index is 0.000000434. The van der Waals surface area contributed by atoms with Crippen LogP contribution in [0.4, 0.5) is 43.9 Å². The van der Waals surface area contributed by atoms with E-state index < -0.39 is 58.2 Å². The van der Waals surface area contributed by atoms with Crippen molar-refractivity contribution in [2.75, 3.05) is 0 Å². The molecule has 1 aliphatic carbocycles. The van der Waals surface area contributed by atoms with E-state index in [0.29, 0.717) is 0 Å². The largest absolute Gasteiger partial charge is 2.00 e. The molecule has 1 aliphatic rings. The molecule has 0 unspecified atom stereocenters. The summed E-state index contributed by atoms with van der Waals surface area (Å²) in [4.78, 5) is 0. The molecule has 3 rings (SSSR count). The number of allylic oxidation sites excluding steroid dienone is 4. The van der Waals surface area contributed by atoms with Crippen LogP contribution < -0.4 is 0 Å². The van der Waals surface area contributed by atoms with Crippen LogP contribution in [-0.2, 0) is 20.4 Å². The van der Waals surface area contributed by atoms with Gasteiger partial charge in [0.1, 0.15) is 0 Å². The van der Waals surface area contributed by atoms with E-state index in [0.717, 1.165) is 12.1 Å². The summed E-state index contributed by atoms with van der Waals surface area (Å²) in [5, 5.41) is 0. The van der Waals surface area contributed by atoms with Crippen molar-refractivity contribution in [1.29, 1.82) is 0 Å². The minimum absolute atomic E-state index is 0. The van der Waals surface area contributed by atoms with Crippen molar-refractivity contribution < 1.29 is 64.3 Å². The first-order valence-electron chi connectivity index (χ1n) is 8.19. The number of benzene rings is 2. The molecule has 0 aliphatic heterocycles. The summed E-state index contributed by atoms with van der Waals surface area (Å²) in [6, 6.07) is 2.05. The zero-order chi connectivity index (χ0) is 22.8. The second-order valence-corrected chi connectivity index (χ2v) is 5.49. The van der Waals surface area contributed by atoms with Crippen molar-refractivity contribution in [2.24, 2.45) is 0 Å². The third kappa shape index (κ3) is 8.87. The maximum atomic E-state index is 12.0. The summed E-state index contributed by atoms with van der Waals surface area (Å²) < 4.78 is 120. The SMILES string of the molecule is C1=C\CC/C=C\CC/1.Fc1[c-]c(F)c(F)c(F)c1F.Fc1[c-]c(F)c(F)c(F)c1F.[Pd+2]. The first-order valence-corrected chi connectivity index (χ1v) is 8.19. The Morgan fingerprint density at radius 1 is 0.387 bits per heavy atom. The fourth-order valence-electron chi connectivity index (χ4n) is 1.85. The zero-order valence-corrected chi connectivity index (χ0v) is 16.8. The molecular weight excluding hydrogens is 537 g/mol. The Morgan fingerprint density at radius 3 is 0.774 bits per heavy atom. The standard InChI is InChI=1S/C8H12.2C6F5.Pd/c1-2-4-6-8-7-5-3-1;2*7-2-1-3(8)5(10)6(11)4(2)9;/h1-2,7-8H,3-6H2;;;/q;2*-1;+2/b2-1-,8-7-;;;. The smallest absolute Gasteiger partial charge is 0.278 e. The van der Waals surface area contributed by atoms with E-state index in [-0.39, 0.29) is 20.4 Å². The van der Waals surface area contributed by atoms with Gasteiger partial charge in [0.15, 0.2) is 0 Å². The van der Waals surface area contributed by atoms with Gasteiger partial charge < -0.3 is 0 Å². The van der Waals surface area contributed by atoms with Gasteiger partial charge in [-0.2, -0.15) is 0 Å². The van der Waals surface area contributed by atoms with Gasteiger partial charge >= 0.3 is 20.4 Å². The molecule has 0 atom stereocenters. The predicted octanol–water partition coefficient (Wildman–Crippen LogP) is 7.03. The van der Waals surface area contributed by atoms with Crippen molar-refractivity contribution >= 4 is 0 Å². The van der Waals surface area contributed by atoms with Gasteiger partial charge in [-0.05, 0) is 25.7 Å². The average Bonchev–Trinajstić information content (AvgIpc) is 2.68. The summed E-state index contributed by atoms with van der Waals surface area (Å²) in [5.41, 5.74) is 0. The molecule has 0 nitrogen and oxygen atoms in total. The molecule has 2 aromatic rings. The van der Waals surface area contributed by atoms with Crippen LogP contribution in [0.3, 0.4) is 0 Å². The van der Waals surface area contributed by atoms with E-state index in [4.69, 9.17) is 0 Å². The fourth-order valence-corrected chi connectivity index (χ4v) is 1.85.